The molecule has 224 valence electrons. The summed E-state index contributed by atoms with van der Waals surface area (Å²) in [6.45, 7) is 16.0. The summed E-state index contributed by atoms with van der Waals surface area (Å²) in [5.74, 6) is 4.71. The van der Waals surface area contributed by atoms with Crippen molar-refractivity contribution >= 4 is 11.3 Å². The van der Waals surface area contributed by atoms with Crippen molar-refractivity contribution in [2.24, 2.45) is 11.8 Å². The van der Waals surface area contributed by atoms with Crippen LogP contribution in [-0.4, -0.2) is 26.4 Å². The Kier molecular flexibility index (Phi) is 11.9. The van der Waals surface area contributed by atoms with Crippen LogP contribution in [0.3, 0.4) is 0 Å². The van der Waals surface area contributed by atoms with Crippen molar-refractivity contribution < 1.29 is 18.9 Å². The molecule has 0 saturated carbocycles. The number of fused-ring (bicyclic) bond motifs is 1. The SMILES string of the molecule is CCCCC(CC)COc1ccc(C)cc1-c1cc(-c2sc(C)c3c2OCCO3)ccc1OCC(CC)CCCC. The van der Waals surface area contributed by atoms with Gasteiger partial charge in [-0.2, -0.15) is 0 Å². The third kappa shape index (κ3) is 8.00. The van der Waals surface area contributed by atoms with Crippen LogP contribution in [-0.2, 0) is 0 Å². The average molecular weight is 579 g/mol. The van der Waals surface area contributed by atoms with E-state index in [0.29, 0.717) is 25.0 Å². The molecular formula is C36H50O4S. The number of ether oxygens (including phenoxy) is 4. The van der Waals surface area contributed by atoms with Crippen LogP contribution in [0.2, 0.25) is 0 Å². The molecular weight excluding hydrogens is 528 g/mol. The molecule has 1 aliphatic heterocycles. The van der Waals surface area contributed by atoms with Gasteiger partial charge in [0.1, 0.15) is 24.7 Å². The van der Waals surface area contributed by atoms with Gasteiger partial charge in [0.05, 0.1) is 18.1 Å². The third-order valence-corrected chi connectivity index (χ3v) is 9.38. The lowest BCUT2D eigenvalue weighted by molar-refractivity contribution is 0.173. The molecule has 1 aromatic heterocycles. The van der Waals surface area contributed by atoms with Gasteiger partial charge in [-0.15, -0.1) is 11.3 Å². The van der Waals surface area contributed by atoms with Crippen LogP contribution < -0.4 is 18.9 Å². The topological polar surface area (TPSA) is 36.9 Å². The smallest absolute Gasteiger partial charge is 0.180 e. The van der Waals surface area contributed by atoms with Gasteiger partial charge < -0.3 is 18.9 Å². The summed E-state index contributed by atoms with van der Waals surface area (Å²) >= 11 is 1.73. The predicted molar refractivity (Wildman–Crippen MR) is 173 cm³/mol. The van der Waals surface area contributed by atoms with Crippen molar-refractivity contribution in [1.29, 1.82) is 0 Å². The van der Waals surface area contributed by atoms with Crippen LogP contribution in [0.25, 0.3) is 21.6 Å². The summed E-state index contributed by atoms with van der Waals surface area (Å²) in [7, 11) is 0. The molecule has 5 heteroatoms. The lowest BCUT2D eigenvalue weighted by Gasteiger charge is -2.21. The minimum atomic E-state index is 0.553. The van der Waals surface area contributed by atoms with Gasteiger partial charge >= 0.3 is 0 Å². The molecule has 0 spiro atoms. The van der Waals surface area contributed by atoms with Gasteiger partial charge in [0.15, 0.2) is 11.5 Å². The first-order chi connectivity index (χ1) is 20.0. The third-order valence-electron chi connectivity index (χ3n) is 8.27. The first-order valence-corrected chi connectivity index (χ1v) is 16.7. The largest absolute Gasteiger partial charge is 0.493 e. The molecule has 1 aliphatic rings. The van der Waals surface area contributed by atoms with E-state index in [2.05, 4.69) is 77.9 Å². The Bertz CT molecular complexity index is 1250. The van der Waals surface area contributed by atoms with E-state index in [1.165, 1.54) is 44.1 Å². The van der Waals surface area contributed by atoms with E-state index in [0.717, 1.165) is 75.5 Å². The Morgan fingerprint density at radius 2 is 1.29 bits per heavy atom. The fourth-order valence-electron chi connectivity index (χ4n) is 5.48. The molecule has 2 unspecified atom stereocenters. The number of rotatable bonds is 16. The number of benzene rings is 2. The van der Waals surface area contributed by atoms with Gasteiger partial charge in [0.2, 0.25) is 0 Å². The highest BCUT2D eigenvalue weighted by molar-refractivity contribution is 7.16. The van der Waals surface area contributed by atoms with Crippen molar-refractivity contribution in [3.05, 3.63) is 46.8 Å². The average Bonchev–Trinajstić information content (AvgIpc) is 3.34. The summed E-state index contributed by atoms with van der Waals surface area (Å²) in [6.07, 6.45) is 9.59. The van der Waals surface area contributed by atoms with Gasteiger partial charge in [0, 0.05) is 16.0 Å². The Balaban J connectivity index is 1.73. The maximum atomic E-state index is 6.64. The highest BCUT2D eigenvalue weighted by Gasteiger charge is 2.25. The first-order valence-electron chi connectivity index (χ1n) is 15.9. The second-order valence-electron chi connectivity index (χ2n) is 11.5. The fourth-order valence-corrected chi connectivity index (χ4v) is 6.52. The highest BCUT2D eigenvalue weighted by atomic mass is 32.1. The number of aryl methyl sites for hydroxylation is 2. The Labute approximate surface area is 252 Å². The van der Waals surface area contributed by atoms with Crippen molar-refractivity contribution in [2.45, 2.75) is 92.9 Å². The van der Waals surface area contributed by atoms with E-state index >= 15 is 0 Å². The van der Waals surface area contributed by atoms with E-state index in [1.807, 2.05) is 0 Å². The molecule has 2 heterocycles. The van der Waals surface area contributed by atoms with Gasteiger partial charge in [-0.3, -0.25) is 0 Å². The molecule has 4 rings (SSSR count). The Morgan fingerprint density at radius 3 is 1.88 bits per heavy atom. The highest BCUT2D eigenvalue weighted by Crippen LogP contribution is 2.50. The fraction of sp³-hybridized carbons (Fsp3) is 0.556. The molecule has 0 saturated heterocycles. The first kappa shape index (κ1) is 31.3. The minimum Gasteiger partial charge on any atom is -0.493 e. The van der Waals surface area contributed by atoms with E-state index in [-0.39, 0.29) is 0 Å². The molecule has 4 nitrogen and oxygen atoms in total. The minimum absolute atomic E-state index is 0.553. The summed E-state index contributed by atoms with van der Waals surface area (Å²) < 4.78 is 25.3. The molecule has 2 aromatic carbocycles. The second-order valence-corrected chi connectivity index (χ2v) is 12.7. The van der Waals surface area contributed by atoms with Crippen LogP contribution in [0.15, 0.2) is 36.4 Å². The summed E-state index contributed by atoms with van der Waals surface area (Å²) in [6, 6.07) is 13.1. The predicted octanol–water partition coefficient (Wildman–Crippen LogP) is 10.7. The second kappa shape index (κ2) is 15.5. The lowest BCUT2D eigenvalue weighted by atomic mass is 9.97. The molecule has 0 radical (unpaired) electrons. The van der Waals surface area contributed by atoms with E-state index in [4.69, 9.17) is 18.9 Å². The molecule has 0 amide bonds. The lowest BCUT2D eigenvalue weighted by Crippen LogP contribution is -2.14. The quantitative estimate of drug-likeness (QED) is 0.169. The monoisotopic (exact) mass is 578 g/mol. The molecule has 2 atom stereocenters. The summed E-state index contributed by atoms with van der Waals surface area (Å²) in [4.78, 5) is 2.26. The Hall–Kier alpha value is -2.66. The normalized spacial score (nSPS) is 14.1. The summed E-state index contributed by atoms with van der Waals surface area (Å²) in [5, 5.41) is 0. The van der Waals surface area contributed by atoms with E-state index in [9.17, 15) is 0 Å². The summed E-state index contributed by atoms with van der Waals surface area (Å²) in [5.41, 5.74) is 4.49. The van der Waals surface area contributed by atoms with Crippen LogP contribution in [0.1, 0.15) is 89.5 Å². The number of hydrogen-bond acceptors (Lipinski definition) is 5. The standard InChI is InChI=1S/C36H50O4S/c1-7-11-13-27(9-3)23-39-32-17-15-25(5)21-30(32)31-22-29(36-35-34(26(6)41-36)37-19-20-38-35)16-18-33(31)40-24-28(10-4)14-12-8-2/h15-18,21-22,27-28H,7-14,19-20,23-24H2,1-6H3. The zero-order chi connectivity index (χ0) is 29.2. The molecule has 0 N–H and O–H groups in total. The van der Waals surface area contributed by atoms with Crippen molar-refractivity contribution in [3.63, 3.8) is 0 Å². The Morgan fingerprint density at radius 1 is 0.732 bits per heavy atom. The van der Waals surface area contributed by atoms with Crippen LogP contribution in [0.4, 0.5) is 0 Å². The molecule has 3 aromatic rings. The van der Waals surface area contributed by atoms with Crippen LogP contribution in [0, 0.1) is 25.7 Å². The zero-order valence-electron chi connectivity index (χ0n) is 26.1. The molecule has 0 fully saturated rings. The van der Waals surface area contributed by atoms with Crippen LogP contribution >= 0.6 is 11.3 Å². The van der Waals surface area contributed by atoms with Crippen molar-refractivity contribution in [3.8, 4) is 44.6 Å². The zero-order valence-corrected chi connectivity index (χ0v) is 27.0. The van der Waals surface area contributed by atoms with Gasteiger partial charge in [-0.1, -0.05) is 77.8 Å². The molecule has 0 bridgehead atoms. The number of thiophene rings is 1. The maximum absolute atomic E-state index is 6.64. The number of hydrogen-bond donors (Lipinski definition) is 0. The van der Waals surface area contributed by atoms with Gasteiger partial charge in [-0.05, 0) is 74.4 Å². The van der Waals surface area contributed by atoms with Gasteiger partial charge in [0.25, 0.3) is 0 Å². The molecule has 41 heavy (non-hydrogen) atoms. The maximum Gasteiger partial charge on any atom is 0.180 e. The number of unbranched alkanes of at least 4 members (excludes halogenated alkanes) is 2. The van der Waals surface area contributed by atoms with Crippen LogP contribution in [0.5, 0.6) is 23.0 Å². The molecule has 0 aliphatic carbocycles. The van der Waals surface area contributed by atoms with Crippen molar-refractivity contribution in [2.75, 3.05) is 26.4 Å². The van der Waals surface area contributed by atoms with E-state index in [1.54, 1.807) is 11.3 Å². The van der Waals surface area contributed by atoms with Crippen molar-refractivity contribution in [1.82, 2.24) is 0 Å². The van der Waals surface area contributed by atoms with Gasteiger partial charge in [-0.25, -0.2) is 0 Å². The van der Waals surface area contributed by atoms with E-state index < -0.39 is 0 Å².